The Morgan fingerprint density at radius 1 is 1.27 bits per heavy atom. The molecule has 0 amide bonds. The van der Waals surface area contributed by atoms with Crippen molar-refractivity contribution in [2.45, 2.75) is 20.4 Å². The van der Waals surface area contributed by atoms with Crippen molar-refractivity contribution in [1.29, 1.82) is 0 Å². The molecule has 0 bridgehead atoms. The first-order valence-electron chi connectivity index (χ1n) is 5.56. The van der Waals surface area contributed by atoms with Crippen molar-refractivity contribution < 1.29 is 4.74 Å². The highest BCUT2D eigenvalue weighted by Gasteiger charge is 2.10. The van der Waals surface area contributed by atoms with Crippen molar-refractivity contribution >= 4 is 0 Å². The quantitative estimate of drug-likeness (QED) is 0.738. The van der Waals surface area contributed by atoms with Crippen LogP contribution in [0.15, 0.2) is 6.20 Å². The van der Waals surface area contributed by atoms with E-state index in [9.17, 15) is 0 Å². The topological polar surface area (TPSA) is 30.3 Å². The van der Waals surface area contributed by atoms with Gasteiger partial charge in [0, 0.05) is 25.8 Å². The Kier molecular flexibility index (Phi) is 3.38. The maximum absolute atomic E-state index is 5.31. The fraction of sp³-hybridized carbons (Fsp3) is 0.727. The van der Waals surface area contributed by atoms with Crippen molar-refractivity contribution in [3.05, 3.63) is 17.5 Å². The molecule has 15 heavy (non-hydrogen) atoms. The molecule has 0 aromatic carbocycles. The lowest BCUT2D eigenvalue weighted by molar-refractivity contribution is 0.0359. The number of aryl methyl sites for hydroxylation is 2. The average molecular weight is 209 g/mol. The van der Waals surface area contributed by atoms with E-state index < -0.39 is 0 Å². The van der Waals surface area contributed by atoms with E-state index in [4.69, 9.17) is 4.74 Å². The van der Waals surface area contributed by atoms with E-state index >= 15 is 0 Å². The van der Waals surface area contributed by atoms with Crippen LogP contribution in [0.25, 0.3) is 0 Å². The van der Waals surface area contributed by atoms with E-state index in [0.29, 0.717) is 0 Å². The molecule has 1 aromatic rings. The molecule has 0 atom stereocenters. The standard InChI is InChI=1S/C11H19N3O/c1-10-9-14(12-11(10)2)4-3-13-5-7-15-8-6-13/h9H,3-8H2,1-2H3. The Balaban J connectivity index is 1.81. The molecule has 0 unspecified atom stereocenters. The molecule has 1 aliphatic heterocycles. The van der Waals surface area contributed by atoms with Crippen LogP contribution in [0.5, 0.6) is 0 Å². The van der Waals surface area contributed by atoms with Gasteiger partial charge < -0.3 is 4.74 Å². The normalized spacial score (nSPS) is 18.3. The number of morpholine rings is 1. The molecule has 2 rings (SSSR count). The van der Waals surface area contributed by atoms with Gasteiger partial charge in [-0.2, -0.15) is 5.10 Å². The van der Waals surface area contributed by atoms with Crippen LogP contribution in [0.2, 0.25) is 0 Å². The van der Waals surface area contributed by atoms with Gasteiger partial charge in [0.1, 0.15) is 0 Å². The number of ether oxygens (including phenoxy) is 1. The van der Waals surface area contributed by atoms with Crippen molar-refractivity contribution in [3.63, 3.8) is 0 Å². The molecule has 84 valence electrons. The van der Waals surface area contributed by atoms with Crippen molar-refractivity contribution in [3.8, 4) is 0 Å². The highest BCUT2D eigenvalue weighted by atomic mass is 16.5. The molecule has 4 heteroatoms. The summed E-state index contributed by atoms with van der Waals surface area (Å²) in [6, 6.07) is 0. The minimum Gasteiger partial charge on any atom is -0.379 e. The smallest absolute Gasteiger partial charge is 0.0622 e. The van der Waals surface area contributed by atoms with E-state index in [1.165, 1.54) is 5.56 Å². The summed E-state index contributed by atoms with van der Waals surface area (Å²) in [4.78, 5) is 2.43. The molecule has 2 heterocycles. The maximum Gasteiger partial charge on any atom is 0.0622 e. The lowest BCUT2D eigenvalue weighted by Gasteiger charge is -2.26. The van der Waals surface area contributed by atoms with Gasteiger partial charge in [0.2, 0.25) is 0 Å². The average Bonchev–Trinajstić information content (AvgIpc) is 2.57. The highest BCUT2D eigenvalue weighted by molar-refractivity contribution is 5.12. The van der Waals surface area contributed by atoms with E-state index in [-0.39, 0.29) is 0 Å². The Morgan fingerprint density at radius 2 is 2.00 bits per heavy atom. The van der Waals surface area contributed by atoms with E-state index in [1.807, 2.05) is 4.68 Å². The van der Waals surface area contributed by atoms with Crippen LogP contribution in [-0.2, 0) is 11.3 Å². The summed E-state index contributed by atoms with van der Waals surface area (Å²) in [6.45, 7) is 10.1. The lowest BCUT2D eigenvalue weighted by atomic mass is 10.3. The molecule has 0 N–H and O–H groups in total. The van der Waals surface area contributed by atoms with E-state index in [1.54, 1.807) is 0 Å². The predicted octanol–water partition coefficient (Wildman–Crippen LogP) is 0.832. The van der Waals surface area contributed by atoms with Gasteiger partial charge in [0.25, 0.3) is 0 Å². The first-order chi connectivity index (χ1) is 7.25. The van der Waals surface area contributed by atoms with Gasteiger partial charge in [-0.3, -0.25) is 9.58 Å². The molecule has 0 aliphatic carbocycles. The van der Waals surface area contributed by atoms with Gasteiger partial charge in [-0.1, -0.05) is 0 Å². The molecule has 4 nitrogen and oxygen atoms in total. The second-order valence-electron chi connectivity index (χ2n) is 4.11. The number of hydrogen-bond donors (Lipinski definition) is 0. The van der Waals surface area contributed by atoms with Gasteiger partial charge in [-0.15, -0.1) is 0 Å². The third-order valence-corrected chi connectivity index (χ3v) is 2.94. The zero-order valence-electron chi connectivity index (χ0n) is 9.57. The van der Waals surface area contributed by atoms with Crippen LogP contribution in [0.3, 0.4) is 0 Å². The first-order valence-corrected chi connectivity index (χ1v) is 5.56. The Labute approximate surface area is 90.8 Å². The van der Waals surface area contributed by atoms with E-state index in [0.717, 1.165) is 45.1 Å². The maximum atomic E-state index is 5.31. The number of rotatable bonds is 3. The second-order valence-corrected chi connectivity index (χ2v) is 4.11. The SMILES string of the molecule is Cc1cn(CCN2CCOCC2)nc1C. The second kappa shape index (κ2) is 4.77. The zero-order chi connectivity index (χ0) is 10.7. The summed E-state index contributed by atoms with van der Waals surface area (Å²) in [6.07, 6.45) is 2.12. The Bertz CT molecular complexity index is 296. The molecule has 0 saturated carbocycles. The number of hydrogen-bond acceptors (Lipinski definition) is 3. The summed E-state index contributed by atoms with van der Waals surface area (Å²) in [7, 11) is 0. The number of nitrogens with zero attached hydrogens (tertiary/aromatic N) is 3. The van der Waals surface area contributed by atoms with Crippen LogP contribution >= 0.6 is 0 Å². The molecule has 1 fully saturated rings. The zero-order valence-corrected chi connectivity index (χ0v) is 9.57. The molecular weight excluding hydrogens is 190 g/mol. The Hall–Kier alpha value is -0.870. The molecule has 0 radical (unpaired) electrons. The molecule has 1 saturated heterocycles. The lowest BCUT2D eigenvalue weighted by Crippen LogP contribution is -2.38. The number of aromatic nitrogens is 2. The van der Waals surface area contributed by atoms with Crippen molar-refractivity contribution in [1.82, 2.24) is 14.7 Å². The molecular formula is C11H19N3O. The first kappa shape index (κ1) is 10.6. The van der Waals surface area contributed by atoms with Crippen LogP contribution < -0.4 is 0 Å². The molecule has 1 aliphatic rings. The Morgan fingerprint density at radius 3 is 2.60 bits per heavy atom. The van der Waals surface area contributed by atoms with Crippen LogP contribution in [-0.4, -0.2) is 47.5 Å². The van der Waals surface area contributed by atoms with Gasteiger partial charge in [-0.25, -0.2) is 0 Å². The highest BCUT2D eigenvalue weighted by Crippen LogP contribution is 2.03. The van der Waals surface area contributed by atoms with Gasteiger partial charge in [0.15, 0.2) is 0 Å². The van der Waals surface area contributed by atoms with E-state index in [2.05, 4.69) is 30.0 Å². The summed E-state index contributed by atoms with van der Waals surface area (Å²) in [5, 5.41) is 4.45. The van der Waals surface area contributed by atoms with Crippen molar-refractivity contribution in [2.75, 3.05) is 32.8 Å². The minimum absolute atomic E-state index is 0.872. The third kappa shape index (κ3) is 2.79. The summed E-state index contributed by atoms with van der Waals surface area (Å²) >= 11 is 0. The van der Waals surface area contributed by atoms with Crippen LogP contribution in [0, 0.1) is 13.8 Å². The van der Waals surface area contributed by atoms with Gasteiger partial charge >= 0.3 is 0 Å². The fourth-order valence-electron chi connectivity index (χ4n) is 1.80. The fourth-order valence-corrected chi connectivity index (χ4v) is 1.80. The molecule has 0 spiro atoms. The molecule has 1 aromatic heterocycles. The minimum atomic E-state index is 0.872. The summed E-state index contributed by atoms with van der Waals surface area (Å²) in [5.74, 6) is 0. The largest absolute Gasteiger partial charge is 0.379 e. The predicted molar refractivity (Wildman–Crippen MR) is 59.0 cm³/mol. The third-order valence-electron chi connectivity index (χ3n) is 2.94. The van der Waals surface area contributed by atoms with Gasteiger partial charge in [0.05, 0.1) is 25.5 Å². The summed E-state index contributed by atoms with van der Waals surface area (Å²) in [5.41, 5.74) is 2.41. The monoisotopic (exact) mass is 209 g/mol. The van der Waals surface area contributed by atoms with Crippen molar-refractivity contribution in [2.24, 2.45) is 0 Å². The van der Waals surface area contributed by atoms with Crippen LogP contribution in [0.1, 0.15) is 11.3 Å². The van der Waals surface area contributed by atoms with Crippen LogP contribution in [0.4, 0.5) is 0 Å². The van der Waals surface area contributed by atoms with Gasteiger partial charge in [-0.05, 0) is 19.4 Å². The summed E-state index contributed by atoms with van der Waals surface area (Å²) < 4.78 is 7.35.